The van der Waals surface area contributed by atoms with E-state index in [1.165, 1.54) is 0 Å². The monoisotopic (exact) mass is 228 g/mol. The maximum atomic E-state index is 13.0. The highest BCUT2D eigenvalue weighted by Gasteiger charge is 2.34. The Labute approximate surface area is 80.7 Å². The minimum absolute atomic E-state index is 0.443. The lowest BCUT2D eigenvalue weighted by molar-refractivity contribution is -0.277. The molecule has 8 heteroatoms. The highest BCUT2D eigenvalue weighted by Crippen LogP contribution is 2.25. The van der Waals surface area contributed by atoms with Crippen LogP contribution < -0.4 is 10.5 Å². The van der Waals surface area contributed by atoms with Crippen LogP contribution in [0.15, 0.2) is 6.07 Å². The summed E-state index contributed by atoms with van der Waals surface area (Å²) in [5, 5.41) is 0. The van der Waals surface area contributed by atoms with Crippen molar-refractivity contribution in [2.75, 3.05) is 0 Å². The zero-order valence-electron chi connectivity index (χ0n) is 7.11. The van der Waals surface area contributed by atoms with E-state index < -0.39 is 36.1 Å². The summed E-state index contributed by atoms with van der Waals surface area (Å²) in [6, 6.07) is 0.596. The van der Waals surface area contributed by atoms with Gasteiger partial charge in [-0.1, -0.05) is 0 Å². The summed E-state index contributed by atoms with van der Waals surface area (Å²) in [7, 11) is 0. The first-order valence-electron chi connectivity index (χ1n) is 3.64. The minimum Gasteiger partial charge on any atom is -0.385 e. The average molecular weight is 228 g/mol. The Bertz CT molecular complexity index is 365. The smallest absolute Gasteiger partial charge is 0.385 e. The first-order valence-corrected chi connectivity index (χ1v) is 3.64. The van der Waals surface area contributed by atoms with Crippen LogP contribution >= 0.6 is 0 Å². The van der Waals surface area contributed by atoms with Crippen molar-refractivity contribution in [2.45, 2.75) is 12.9 Å². The molecule has 0 bridgehead atoms. The van der Waals surface area contributed by atoms with E-state index in [4.69, 9.17) is 5.73 Å². The molecule has 1 aromatic rings. The van der Waals surface area contributed by atoms with E-state index in [0.717, 1.165) is 0 Å². The average Bonchev–Trinajstić information content (AvgIpc) is 2.08. The third kappa shape index (κ3) is 3.01. The van der Waals surface area contributed by atoms with E-state index in [1.54, 1.807) is 0 Å². The summed E-state index contributed by atoms with van der Waals surface area (Å²) >= 11 is 0. The molecule has 0 radical (unpaired) electrons. The Morgan fingerprint density at radius 3 is 2.40 bits per heavy atom. The lowest BCUT2D eigenvalue weighted by atomic mass is 10.2. The highest BCUT2D eigenvalue weighted by atomic mass is 19.4. The highest BCUT2D eigenvalue weighted by molar-refractivity contribution is 5.24. The number of nitrogens with zero attached hydrogens (tertiary/aromatic N) is 1. The molecule has 0 amide bonds. The standard InChI is InChI=1S/C7H5F5N2O/c8-4-1-3(2-13)5(9)6(14-4)15-7(10,11)12/h1H,2,13H2. The molecule has 0 saturated heterocycles. The molecular weight excluding hydrogens is 223 g/mol. The van der Waals surface area contributed by atoms with E-state index in [0.29, 0.717) is 6.07 Å². The Morgan fingerprint density at radius 1 is 1.33 bits per heavy atom. The molecule has 0 aliphatic heterocycles. The van der Waals surface area contributed by atoms with Gasteiger partial charge in [0.15, 0.2) is 5.82 Å². The van der Waals surface area contributed by atoms with Gasteiger partial charge in [-0.25, -0.2) is 4.39 Å². The van der Waals surface area contributed by atoms with Gasteiger partial charge in [-0.2, -0.15) is 9.37 Å². The van der Waals surface area contributed by atoms with Crippen molar-refractivity contribution in [1.29, 1.82) is 0 Å². The number of rotatable bonds is 2. The fourth-order valence-corrected chi connectivity index (χ4v) is 0.849. The van der Waals surface area contributed by atoms with E-state index in [9.17, 15) is 22.0 Å². The fraction of sp³-hybridized carbons (Fsp3) is 0.286. The van der Waals surface area contributed by atoms with Gasteiger partial charge in [-0.15, -0.1) is 13.2 Å². The number of alkyl halides is 3. The van der Waals surface area contributed by atoms with Crippen molar-refractivity contribution in [3.8, 4) is 5.88 Å². The van der Waals surface area contributed by atoms with E-state index in [2.05, 4.69) is 9.72 Å². The SMILES string of the molecule is NCc1cc(F)nc(OC(F)(F)F)c1F. The van der Waals surface area contributed by atoms with Crippen molar-refractivity contribution < 1.29 is 26.7 Å². The molecule has 0 saturated carbocycles. The van der Waals surface area contributed by atoms with Crippen LogP contribution in [0, 0.1) is 11.8 Å². The van der Waals surface area contributed by atoms with Gasteiger partial charge in [0.2, 0.25) is 5.95 Å². The molecule has 15 heavy (non-hydrogen) atoms. The molecule has 1 aromatic heterocycles. The number of hydrogen-bond donors (Lipinski definition) is 1. The summed E-state index contributed by atoms with van der Waals surface area (Å²) < 4.78 is 63.9. The van der Waals surface area contributed by atoms with Crippen molar-refractivity contribution in [2.24, 2.45) is 5.73 Å². The number of nitrogens with two attached hydrogens (primary N) is 1. The Kier molecular flexibility index (Phi) is 3.08. The molecule has 3 nitrogen and oxygen atoms in total. The van der Waals surface area contributed by atoms with Gasteiger partial charge in [0.1, 0.15) is 0 Å². The van der Waals surface area contributed by atoms with Crippen LogP contribution in [0.2, 0.25) is 0 Å². The third-order valence-electron chi connectivity index (χ3n) is 1.40. The van der Waals surface area contributed by atoms with Gasteiger partial charge in [0.25, 0.3) is 5.88 Å². The van der Waals surface area contributed by atoms with Crippen molar-refractivity contribution in [3.05, 3.63) is 23.4 Å². The summed E-state index contributed by atoms with van der Waals surface area (Å²) in [6.45, 7) is -0.459. The molecule has 0 fully saturated rings. The zero-order valence-corrected chi connectivity index (χ0v) is 7.11. The van der Waals surface area contributed by atoms with Gasteiger partial charge in [0.05, 0.1) is 0 Å². The van der Waals surface area contributed by atoms with Crippen LogP contribution in [0.25, 0.3) is 0 Å². The second-order valence-corrected chi connectivity index (χ2v) is 2.48. The second-order valence-electron chi connectivity index (χ2n) is 2.48. The summed E-state index contributed by atoms with van der Waals surface area (Å²) in [5.74, 6) is -4.18. The first kappa shape index (κ1) is 11.6. The molecule has 0 aliphatic carbocycles. The summed E-state index contributed by atoms with van der Waals surface area (Å²) in [5.41, 5.74) is 4.54. The molecule has 0 spiro atoms. The van der Waals surface area contributed by atoms with Gasteiger partial charge in [-0.05, 0) is 0 Å². The molecular formula is C7H5F5N2O. The quantitative estimate of drug-likeness (QED) is 0.619. The van der Waals surface area contributed by atoms with Crippen LogP contribution in [-0.4, -0.2) is 11.3 Å². The molecule has 1 heterocycles. The predicted octanol–water partition coefficient (Wildman–Crippen LogP) is 1.72. The summed E-state index contributed by atoms with van der Waals surface area (Å²) in [4.78, 5) is 2.63. The number of aromatic nitrogens is 1. The molecule has 0 aliphatic rings. The topological polar surface area (TPSA) is 48.1 Å². The predicted molar refractivity (Wildman–Crippen MR) is 38.7 cm³/mol. The van der Waals surface area contributed by atoms with E-state index in [1.807, 2.05) is 0 Å². The Hall–Kier alpha value is -1.44. The zero-order chi connectivity index (χ0) is 11.6. The van der Waals surface area contributed by atoms with Gasteiger partial charge in [0, 0.05) is 18.2 Å². The molecule has 0 unspecified atom stereocenters. The minimum atomic E-state index is -5.13. The third-order valence-corrected chi connectivity index (χ3v) is 1.40. The molecule has 84 valence electrons. The van der Waals surface area contributed by atoms with E-state index >= 15 is 0 Å². The Morgan fingerprint density at radius 2 is 1.93 bits per heavy atom. The van der Waals surface area contributed by atoms with Crippen LogP contribution in [0.5, 0.6) is 5.88 Å². The van der Waals surface area contributed by atoms with Gasteiger partial charge in [-0.3, -0.25) is 0 Å². The normalized spacial score (nSPS) is 11.6. The van der Waals surface area contributed by atoms with Gasteiger partial charge >= 0.3 is 6.36 Å². The van der Waals surface area contributed by atoms with Crippen LogP contribution in [0.1, 0.15) is 5.56 Å². The van der Waals surface area contributed by atoms with E-state index in [-0.39, 0.29) is 0 Å². The lowest BCUT2D eigenvalue weighted by Crippen LogP contribution is -2.20. The number of halogens is 5. The van der Waals surface area contributed by atoms with Crippen LogP contribution in [0.3, 0.4) is 0 Å². The molecule has 0 atom stereocenters. The van der Waals surface area contributed by atoms with Gasteiger partial charge < -0.3 is 10.5 Å². The number of ether oxygens (including phenoxy) is 1. The maximum Gasteiger partial charge on any atom is 0.574 e. The van der Waals surface area contributed by atoms with Crippen molar-refractivity contribution in [3.63, 3.8) is 0 Å². The number of hydrogen-bond acceptors (Lipinski definition) is 3. The van der Waals surface area contributed by atoms with Crippen LogP contribution in [-0.2, 0) is 6.54 Å². The maximum absolute atomic E-state index is 13.0. The Balaban J connectivity index is 3.12. The van der Waals surface area contributed by atoms with Crippen LogP contribution in [0.4, 0.5) is 22.0 Å². The lowest BCUT2D eigenvalue weighted by Gasteiger charge is -2.10. The largest absolute Gasteiger partial charge is 0.574 e. The second kappa shape index (κ2) is 3.97. The molecule has 1 rings (SSSR count). The summed E-state index contributed by atoms with van der Waals surface area (Å²) in [6.07, 6.45) is -5.13. The number of pyridine rings is 1. The van der Waals surface area contributed by atoms with Crippen molar-refractivity contribution in [1.82, 2.24) is 4.98 Å². The van der Waals surface area contributed by atoms with Crippen molar-refractivity contribution >= 4 is 0 Å². The molecule has 0 aromatic carbocycles. The molecule has 2 N–H and O–H groups in total. The fourth-order valence-electron chi connectivity index (χ4n) is 0.849. The first-order chi connectivity index (χ1) is 6.83.